The lowest BCUT2D eigenvalue weighted by Crippen LogP contribution is -2.34. The first-order valence-electron chi connectivity index (χ1n) is 11.6. The molecular weight excluding hydrogens is 442 g/mol. The van der Waals surface area contributed by atoms with Crippen LogP contribution in [0.25, 0.3) is 22.5 Å². The summed E-state index contributed by atoms with van der Waals surface area (Å²) in [7, 11) is 0. The van der Waals surface area contributed by atoms with Gasteiger partial charge in [0.1, 0.15) is 0 Å². The van der Waals surface area contributed by atoms with E-state index in [0.717, 1.165) is 65.7 Å². The van der Waals surface area contributed by atoms with Crippen molar-refractivity contribution in [3.8, 4) is 22.5 Å². The van der Waals surface area contributed by atoms with Crippen LogP contribution in [0.5, 0.6) is 0 Å². The van der Waals surface area contributed by atoms with Gasteiger partial charge >= 0.3 is 0 Å². The lowest BCUT2D eigenvalue weighted by Gasteiger charge is -2.33. The van der Waals surface area contributed by atoms with Crippen molar-refractivity contribution in [1.82, 2.24) is 19.9 Å². The van der Waals surface area contributed by atoms with Gasteiger partial charge in [0.05, 0.1) is 10.7 Å². The molecule has 0 saturated carbocycles. The topological polar surface area (TPSA) is 71.0 Å². The van der Waals surface area contributed by atoms with Crippen LogP contribution in [0.2, 0.25) is 0 Å². The van der Waals surface area contributed by atoms with E-state index in [9.17, 15) is 4.79 Å². The summed E-state index contributed by atoms with van der Waals surface area (Å²) in [6.07, 6.45) is 7.76. The average Bonchev–Trinajstić information content (AvgIpc) is 3.30. The minimum absolute atomic E-state index is 0.0337. The number of piperidine rings is 1. The third-order valence-corrected chi connectivity index (χ3v) is 7.06. The minimum atomic E-state index is -0.0337. The van der Waals surface area contributed by atoms with Gasteiger partial charge in [-0.25, -0.2) is 9.97 Å². The van der Waals surface area contributed by atoms with Crippen molar-refractivity contribution in [2.45, 2.75) is 32.2 Å². The molecule has 7 heteroatoms. The Hall–Kier alpha value is -3.42. The van der Waals surface area contributed by atoms with E-state index in [-0.39, 0.29) is 5.91 Å². The van der Waals surface area contributed by atoms with E-state index >= 15 is 0 Å². The Morgan fingerprint density at radius 3 is 2.71 bits per heavy atom. The number of thiophene rings is 1. The monoisotopic (exact) mass is 469 g/mol. The number of nitrogens with one attached hydrogen (secondary N) is 1. The fourth-order valence-electron chi connectivity index (χ4n) is 4.53. The van der Waals surface area contributed by atoms with Crippen molar-refractivity contribution < 1.29 is 4.79 Å². The van der Waals surface area contributed by atoms with E-state index < -0.39 is 0 Å². The molecule has 1 aliphatic heterocycles. The summed E-state index contributed by atoms with van der Waals surface area (Å²) in [5, 5.41) is 3.79. The summed E-state index contributed by atoms with van der Waals surface area (Å²) in [4.78, 5) is 29.1. The predicted molar refractivity (Wildman–Crippen MR) is 137 cm³/mol. The predicted octanol–water partition coefficient (Wildman–Crippen LogP) is 5.61. The summed E-state index contributed by atoms with van der Waals surface area (Å²) in [5.74, 6) is 1.03. The third kappa shape index (κ3) is 5.21. The van der Waals surface area contributed by atoms with Gasteiger partial charge in [-0.2, -0.15) is 0 Å². The van der Waals surface area contributed by atoms with Gasteiger partial charge < -0.3 is 5.32 Å². The highest BCUT2D eigenvalue weighted by atomic mass is 32.1. The second-order valence-corrected chi connectivity index (χ2v) is 9.78. The molecule has 1 fully saturated rings. The molecule has 6 nitrogen and oxygen atoms in total. The van der Waals surface area contributed by atoms with Gasteiger partial charge in [0, 0.05) is 60.5 Å². The Bertz CT molecular complexity index is 1260. The largest absolute Gasteiger partial charge is 0.318 e. The van der Waals surface area contributed by atoms with Crippen LogP contribution >= 0.6 is 11.3 Å². The fourth-order valence-corrected chi connectivity index (χ4v) is 5.53. The van der Waals surface area contributed by atoms with Gasteiger partial charge in [-0.3, -0.25) is 14.7 Å². The number of likely N-dealkylation sites (tertiary alicyclic amines) is 1. The summed E-state index contributed by atoms with van der Waals surface area (Å²) < 4.78 is 0. The van der Waals surface area contributed by atoms with Crippen LogP contribution in [-0.2, 0) is 11.3 Å². The maximum atomic E-state index is 11.4. The Morgan fingerprint density at radius 1 is 1.09 bits per heavy atom. The molecule has 1 atom stereocenters. The summed E-state index contributed by atoms with van der Waals surface area (Å²) in [6, 6.07) is 18.4. The molecular formula is C27H27N5OS. The third-order valence-electron chi connectivity index (χ3n) is 6.07. The van der Waals surface area contributed by atoms with Crippen LogP contribution < -0.4 is 5.32 Å². The standard InChI is InChI=1S/C27H27N5OS/c1-19(33)30-25-10-9-23(34-25)18-32-15-5-8-22(17-32)26-24(20-6-3-2-4-7-20)16-29-27(31-26)21-11-13-28-14-12-21/h2-4,6-7,9-14,16,22H,5,8,15,17-18H2,1H3,(H,30,33). The van der Waals surface area contributed by atoms with Crippen LogP contribution in [0, 0.1) is 0 Å². The number of carbonyl (C=O) groups excluding carboxylic acids is 1. The quantitative estimate of drug-likeness (QED) is 0.398. The molecule has 0 spiro atoms. The molecule has 4 aromatic rings. The first-order valence-corrected chi connectivity index (χ1v) is 12.4. The lowest BCUT2D eigenvalue weighted by atomic mass is 9.89. The molecule has 0 radical (unpaired) electrons. The maximum absolute atomic E-state index is 11.4. The van der Waals surface area contributed by atoms with Crippen LogP contribution in [0.4, 0.5) is 5.00 Å². The molecule has 4 heterocycles. The smallest absolute Gasteiger partial charge is 0.221 e. The van der Waals surface area contributed by atoms with E-state index in [2.05, 4.69) is 45.5 Å². The van der Waals surface area contributed by atoms with Crippen molar-refractivity contribution in [1.29, 1.82) is 0 Å². The van der Waals surface area contributed by atoms with Gasteiger partial charge in [0.25, 0.3) is 0 Å². The number of benzene rings is 1. The Labute approximate surface area is 203 Å². The number of rotatable bonds is 6. The second-order valence-electron chi connectivity index (χ2n) is 8.62. The molecule has 1 unspecified atom stereocenters. The second kappa shape index (κ2) is 10.2. The molecule has 1 N–H and O–H groups in total. The molecule has 34 heavy (non-hydrogen) atoms. The molecule has 1 amide bonds. The van der Waals surface area contributed by atoms with Crippen LogP contribution in [0.15, 0.2) is 73.2 Å². The number of anilines is 1. The number of nitrogens with zero attached hydrogens (tertiary/aromatic N) is 4. The zero-order valence-corrected chi connectivity index (χ0v) is 20.0. The van der Waals surface area contributed by atoms with Crippen LogP contribution in [-0.4, -0.2) is 38.8 Å². The molecule has 172 valence electrons. The molecule has 0 bridgehead atoms. The van der Waals surface area contributed by atoms with Crippen molar-refractivity contribution in [3.63, 3.8) is 0 Å². The molecule has 5 rings (SSSR count). The Kier molecular flexibility index (Phi) is 6.74. The van der Waals surface area contributed by atoms with Crippen LogP contribution in [0.1, 0.15) is 36.3 Å². The first kappa shape index (κ1) is 22.4. The average molecular weight is 470 g/mol. The molecule has 1 aliphatic rings. The highest BCUT2D eigenvalue weighted by Crippen LogP contribution is 2.35. The van der Waals surface area contributed by atoms with Crippen molar-refractivity contribution in [2.24, 2.45) is 0 Å². The molecule has 1 saturated heterocycles. The van der Waals surface area contributed by atoms with Crippen molar-refractivity contribution in [2.75, 3.05) is 18.4 Å². The lowest BCUT2D eigenvalue weighted by molar-refractivity contribution is -0.114. The maximum Gasteiger partial charge on any atom is 0.221 e. The number of pyridine rings is 1. The number of amides is 1. The summed E-state index contributed by atoms with van der Waals surface area (Å²) in [6.45, 7) is 4.43. The molecule has 3 aromatic heterocycles. The highest BCUT2D eigenvalue weighted by molar-refractivity contribution is 7.16. The normalized spacial score (nSPS) is 16.3. The van der Waals surface area contributed by atoms with Gasteiger partial charge in [0.15, 0.2) is 5.82 Å². The summed E-state index contributed by atoms with van der Waals surface area (Å²) in [5.41, 5.74) is 4.35. The zero-order valence-electron chi connectivity index (χ0n) is 19.1. The highest BCUT2D eigenvalue weighted by Gasteiger charge is 2.26. The minimum Gasteiger partial charge on any atom is -0.318 e. The van der Waals surface area contributed by atoms with Crippen molar-refractivity contribution >= 4 is 22.2 Å². The first-order chi connectivity index (χ1) is 16.7. The Balaban J connectivity index is 1.42. The number of hydrogen-bond donors (Lipinski definition) is 1. The number of hydrogen-bond acceptors (Lipinski definition) is 6. The van der Waals surface area contributed by atoms with Gasteiger partial charge in [-0.05, 0) is 49.2 Å². The van der Waals surface area contributed by atoms with Crippen molar-refractivity contribution in [3.05, 3.63) is 83.8 Å². The SMILES string of the molecule is CC(=O)Nc1ccc(CN2CCCC(c3nc(-c4ccncc4)ncc3-c3ccccc3)C2)s1. The molecule has 0 aliphatic carbocycles. The van der Waals surface area contributed by atoms with Gasteiger partial charge in [0.2, 0.25) is 5.91 Å². The number of carbonyl (C=O) groups is 1. The Morgan fingerprint density at radius 2 is 1.91 bits per heavy atom. The van der Waals surface area contributed by atoms with Gasteiger partial charge in [-0.15, -0.1) is 11.3 Å². The van der Waals surface area contributed by atoms with E-state index in [1.54, 1.807) is 30.7 Å². The van der Waals surface area contributed by atoms with E-state index in [1.165, 1.54) is 4.88 Å². The van der Waals surface area contributed by atoms with E-state index in [0.29, 0.717) is 5.92 Å². The zero-order chi connectivity index (χ0) is 23.3. The number of aromatic nitrogens is 3. The van der Waals surface area contributed by atoms with E-state index in [1.807, 2.05) is 30.5 Å². The summed E-state index contributed by atoms with van der Waals surface area (Å²) >= 11 is 1.65. The van der Waals surface area contributed by atoms with Gasteiger partial charge in [-0.1, -0.05) is 30.3 Å². The van der Waals surface area contributed by atoms with E-state index in [4.69, 9.17) is 9.97 Å². The fraction of sp³-hybridized carbons (Fsp3) is 0.259. The van der Waals surface area contributed by atoms with Crippen LogP contribution in [0.3, 0.4) is 0 Å². The molecule has 1 aromatic carbocycles.